The van der Waals surface area contributed by atoms with Gasteiger partial charge in [0, 0.05) is 11.1 Å². The summed E-state index contributed by atoms with van der Waals surface area (Å²) in [7, 11) is 0. The summed E-state index contributed by atoms with van der Waals surface area (Å²) in [6, 6.07) is 6.56. The zero-order valence-electron chi connectivity index (χ0n) is 13.1. The van der Waals surface area contributed by atoms with E-state index in [2.05, 4.69) is 32.9 Å². The van der Waals surface area contributed by atoms with E-state index in [0.717, 1.165) is 11.4 Å². The molecule has 112 valence electrons. The summed E-state index contributed by atoms with van der Waals surface area (Å²) in [5, 5.41) is 0.873. The van der Waals surface area contributed by atoms with E-state index >= 15 is 0 Å². The Morgan fingerprint density at radius 3 is 2.45 bits per heavy atom. The van der Waals surface area contributed by atoms with Gasteiger partial charge in [0.1, 0.15) is 0 Å². The molecule has 0 radical (unpaired) electrons. The fourth-order valence-corrected chi connectivity index (χ4v) is 4.20. The summed E-state index contributed by atoms with van der Waals surface area (Å²) >= 11 is 6.38. The molecule has 20 heavy (non-hydrogen) atoms. The lowest BCUT2D eigenvalue weighted by molar-refractivity contribution is 0.181. The topological polar surface area (TPSA) is 26.0 Å². The van der Waals surface area contributed by atoms with Gasteiger partial charge in [0.15, 0.2) is 0 Å². The molecule has 0 amide bonds. The SMILES string of the molecule is Cc1ccc(CC(N)C2(CC(C)C)CCCC2)c(Cl)c1. The third kappa shape index (κ3) is 3.56. The third-order valence-corrected chi connectivity index (χ3v) is 5.20. The quantitative estimate of drug-likeness (QED) is 0.800. The van der Waals surface area contributed by atoms with E-state index in [1.807, 2.05) is 6.07 Å². The van der Waals surface area contributed by atoms with E-state index in [0.29, 0.717) is 11.3 Å². The van der Waals surface area contributed by atoms with Crippen molar-refractivity contribution < 1.29 is 0 Å². The van der Waals surface area contributed by atoms with Crippen molar-refractivity contribution in [2.45, 2.75) is 65.3 Å². The highest BCUT2D eigenvalue weighted by molar-refractivity contribution is 6.31. The molecule has 1 unspecified atom stereocenters. The second kappa shape index (κ2) is 6.49. The summed E-state index contributed by atoms with van der Waals surface area (Å²) in [5.74, 6) is 0.715. The molecule has 0 heterocycles. The molecule has 0 spiro atoms. The minimum atomic E-state index is 0.229. The Morgan fingerprint density at radius 2 is 1.90 bits per heavy atom. The molecule has 0 aliphatic heterocycles. The number of rotatable bonds is 5. The van der Waals surface area contributed by atoms with Gasteiger partial charge in [-0.05, 0) is 61.1 Å². The predicted molar refractivity (Wildman–Crippen MR) is 88.2 cm³/mol. The molecule has 1 aliphatic carbocycles. The summed E-state index contributed by atoms with van der Waals surface area (Å²) in [5.41, 5.74) is 9.40. The lowest BCUT2D eigenvalue weighted by atomic mass is 9.71. The number of benzene rings is 1. The van der Waals surface area contributed by atoms with Crippen LogP contribution in [0.15, 0.2) is 18.2 Å². The molecule has 1 aliphatic rings. The molecule has 0 aromatic heterocycles. The van der Waals surface area contributed by atoms with E-state index in [1.54, 1.807) is 0 Å². The molecule has 1 nitrogen and oxygen atoms in total. The van der Waals surface area contributed by atoms with E-state index in [-0.39, 0.29) is 6.04 Å². The van der Waals surface area contributed by atoms with Crippen LogP contribution in [-0.2, 0) is 6.42 Å². The van der Waals surface area contributed by atoms with Gasteiger partial charge in [-0.15, -0.1) is 0 Å². The monoisotopic (exact) mass is 293 g/mol. The number of halogens is 1. The average molecular weight is 294 g/mol. The molecule has 1 aromatic rings. The molecule has 1 atom stereocenters. The van der Waals surface area contributed by atoms with Crippen molar-refractivity contribution in [1.29, 1.82) is 0 Å². The Balaban J connectivity index is 2.14. The number of hydrogen-bond donors (Lipinski definition) is 1. The molecule has 0 bridgehead atoms. The van der Waals surface area contributed by atoms with Crippen LogP contribution in [0.4, 0.5) is 0 Å². The van der Waals surface area contributed by atoms with Crippen molar-refractivity contribution in [3.05, 3.63) is 34.3 Å². The van der Waals surface area contributed by atoms with E-state index in [1.165, 1.54) is 43.2 Å². The Morgan fingerprint density at radius 1 is 1.25 bits per heavy atom. The highest BCUT2D eigenvalue weighted by Gasteiger charge is 2.39. The van der Waals surface area contributed by atoms with Gasteiger partial charge in [0.2, 0.25) is 0 Å². The first-order valence-electron chi connectivity index (χ1n) is 7.93. The normalized spacial score (nSPS) is 19.5. The van der Waals surface area contributed by atoms with Gasteiger partial charge in [0.25, 0.3) is 0 Å². The molecule has 2 rings (SSSR count). The maximum Gasteiger partial charge on any atom is 0.0441 e. The van der Waals surface area contributed by atoms with E-state index < -0.39 is 0 Å². The molecule has 1 fully saturated rings. The zero-order valence-corrected chi connectivity index (χ0v) is 13.8. The maximum atomic E-state index is 6.64. The molecular weight excluding hydrogens is 266 g/mol. The molecule has 1 saturated carbocycles. The van der Waals surface area contributed by atoms with Gasteiger partial charge >= 0.3 is 0 Å². The van der Waals surface area contributed by atoms with Gasteiger partial charge < -0.3 is 5.73 Å². The second-order valence-electron chi connectivity index (χ2n) is 7.07. The van der Waals surface area contributed by atoms with Crippen LogP contribution in [-0.4, -0.2) is 6.04 Å². The van der Waals surface area contributed by atoms with Crippen LogP contribution in [0.1, 0.15) is 57.1 Å². The Kier molecular flexibility index (Phi) is 5.14. The molecular formula is C18H28ClN. The highest BCUT2D eigenvalue weighted by Crippen LogP contribution is 2.46. The second-order valence-corrected chi connectivity index (χ2v) is 7.48. The van der Waals surface area contributed by atoms with Crippen molar-refractivity contribution in [3.63, 3.8) is 0 Å². The van der Waals surface area contributed by atoms with Crippen molar-refractivity contribution >= 4 is 11.6 Å². The largest absolute Gasteiger partial charge is 0.327 e. The number of nitrogens with two attached hydrogens (primary N) is 1. The minimum absolute atomic E-state index is 0.229. The number of hydrogen-bond acceptors (Lipinski definition) is 1. The van der Waals surface area contributed by atoms with Crippen molar-refractivity contribution in [1.82, 2.24) is 0 Å². The molecule has 2 heteroatoms. The molecule has 2 N–H and O–H groups in total. The fraction of sp³-hybridized carbons (Fsp3) is 0.667. The van der Waals surface area contributed by atoms with Crippen LogP contribution < -0.4 is 5.73 Å². The summed E-state index contributed by atoms with van der Waals surface area (Å²) in [4.78, 5) is 0. The van der Waals surface area contributed by atoms with Crippen LogP contribution in [0.3, 0.4) is 0 Å². The standard InChI is InChI=1S/C18H28ClN/c1-13(2)12-18(8-4-5-9-18)17(20)11-15-7-6-14(3)10-16(15)19/h6-7,10,13,17H,4-5,8-9,11-12,20H2,1-3H3. The first-order valence-corrected chi connectivity index (χ1v) is 8.31. The van der Waals surface area contributed by atoms with Gasteiger partial charge in [-0.2, -0.15) is 0 Å². The highest BCUT2D eigenvalue weighted by atomic mass is 35.5. The van der Waals surface area contributed by atoms with Crippen LogP contribution in [0.25, 0.3) is 0 Å². The summed E-state index contributed by atoms with van der Waals surface area (Å²) in [6.45, 7) is 6.70. The molecule has 0 saturated heterocycles. The Labute approximate surface area is 128 Å². The fourth-order valence-electron chi connectivity index (χ4n) is 3.89. The molecule has 1 aromatic carbocycles. The van der Waals surface area contributed by atoms with Gasteiger partial charge in [0.05, 0.1) is 0 Å². The lowest BCUT2D eigenvalue weighted by Gasteiger charge is -2.37. The first-order chi connectivity index (χ1) is 9.43. The first kappa shape index (κ1) is 15.9. The average Bonchev–Trinajstić information content (AvgIpc) is 2.81. The summed E-state index contributed by atoms with van der Waals surface area (Å²) < 4.78 is 0. The van der Waals surface area contributed by atoms with E-state index in [4.69, 9.17) is 17.3 Å². The van der Waals surface area contributed by atoms with Crippen molar-refractivity contribution in [3.8, 4) is 0 Å². The van der Waals surface area contributed by atoms with Crippen LogP contribution in [0, 0.1) is 18.3 Å². The minimum Gasteiger partial charge on any atom is -0.327 e. The van der Waals surface area contributed by atoms with Crippen molar-refractivity contribution in [2.75, 3.05) is 0 Å². The van der Waals surface area contributed by atoms with Gasteiger partial charge in [-0.25, -0.2) is 0 Å². The zero-order chi connectivity index (χ0) is 14.8. The summed E-state index contributed by atoms with van der Waals surface area (Å²) in [6.07, 6.45) is 7.40. The van der Waals surface area contributed by atoms with Crippen molar-refractivity contribution in [2.24, 2.45) is 17.1 Å². The smallest absolute Gasteiger partial charge is 0.0441 e. The van der Waals surface area contributed by atoms with Crippen LogP contribution >= 0.6 is 11.6 Å². The Hall–Kier alpha value is -0.530. The third-order valence-electron chi connectivity index (χ3n) is 4.85. The van der Waals surface area contributed by atoms with E-state index in [9.17, 15) is 0 Å². The van der Waals surface area contributed by atoms with Gasteiger partial charge in [-0.1, -0.05) is 50.4 Å². The lowest BCUT2D eigenvalue weighted by Crippen LogP contribution is -2.42. The van der Waals surface area contributed by atoms with Crippen LogP contribution in [0.2, 0.25) is 5.02 Å². The van der Waals surface area contributed by atoms with Gasteiger partial charge in [-0.3, -0.25) is 0 Å². The predicted octanol–water partition coefficient (Wildman–Crippen LogP) is 5.12. The Bertz CT molecular complexity index is 447. The number of aryl methyl sites for hydroxylation is 1. The van der Waals surface area contributed by atoms with Crippen LogP contribution in [0.5, 0.6) is 0 Å². The maximum absolute atomic E-state index is 6.64.